The lowest BCUT2D eigenvalue weighted by Crippen LogP contribution is -2.39. The number of aryl methyl sites for hydroxylation is 1. The maximum absolute atomic E-state index is 5.48. The number of rotatable bonds is 6. The minimum Gasteiger partial charge on any atom is -0.378 e. The van der Waals surface area contributed by atoms with E-state index in [2.05, 4.69) is 76.0 Å². The predicted octanol–water partition coefficient (Wildman–Crippen LogP) is 2.95. The van der Waals surface area contributed by atoms with E-state index < -0.39 is 0 Å². The summed E-state index contributed by atoms with van der Waals surface area (Å²) < 4.78 is 5.48. The topological polar surface area (TPSA) is 48.9 Å². The number of guanidine groups is 1. The fourth-order valence-corrected chi connectivity index (χ4v) is 3.43. The summed E-state index contributed by atoms with van der Waals surface area (Å²) in [6.45, 7) is 7.17. The van der Waals surface area contributed by atoms with E-state index in [1.54, 1.807) is 0 Å². The minimum absolute atomic E-state index is 0.739. The van der Waals surface area contributed by atoms with Crippen molar-refractivity contribution < 1.29 is 4.74 Å². The molecule has 0 unspecified atom stereocenters. The van der Waals surface area contributed by atoms with Gasteiger partial charge in [0.2, 0.25) is 0 Å². The van der Waals surface area contributed by atoms with Crippen LogP contribution in [0, 0.1) is 0 Å². The number of nitrogens with zero attached hydrogens (tertiary/aromatic N) is 2. The zero-order chi connectivity index (χ0) is 18.9. The molecule has 0 saturated carbocycles. The highest BCUT2D eigenvalue weighted by molar-refractivity contribution is 5.79. The Morgan fingerprint density at radius 1 is 0.926 bits per heavy atom. The molecule has 3 rings (SSSR count). The fourth-order valence-electron chi connectivity index (χ4n) is 3.43. The number of ether oxygens (including phenoxy) is 1. The van der Waals surface area contributed by atoms with Crippen LogP contribution < -0.4 is 15.5 Å². The van der Waals surface area contributed by atoms with Gasteiger partial charge in [0.1, 0.15) is 0 Å². The number of anilines is 1. The first-order chi connectivity index (χ1) is 13.3. The van der Waals surface area contributed by atoms with Gasteiger partial charge in [0.25, 0.3) is 0 Å². The van der Waals surface area contributed by atoms with E-state index in [1.165, 1.54) is 22.4 Å². The third-order valence-corrected chi connectivity index (χ3v) is 4.96. The summed E-state index contributed by atoms with van der Waals surface area (Å²) in [6, 6.07) is 17.1. The van der Waals surface area contributed by atoms with Crippen LogP contribution in [-0.4, -0.2) is 39.3 Å². The molecule has 144 valence electrons. The van der Waals surface area contributed by atoms with Gasteiger partial charge in [-0.15, -0.1) is 0 Å². The Hall–Kier alpha value is -2.53. The SMILES string of the molecule is CCc1ccccc1CNC(=NC)NCc1ccccc1N1CCOCC1. The highest BCUT2D eigenvalue weighted by Gasteiger charge is 2.14. The van der Waals surface area contributed by atoms with Crippen LogP contribution in [0.2, 0.25) is 0 Å². The lowest BCUT2D eigenvalue weighted by atomic mass is 10.1. The summed E-state index contributed by atoms with van der Waals surface area (Å²) in [5.41, 5.74) is 5.24. The molecule has 0 aromatic heterocycles. The zero-order valence-electron chi connectivity index (χ0n) is 16.4. The Kier molecular flexibility index (Phi) is 7.11. The number of benzene rings is 2. The van der Waals surface area contributed by atoms with E-state index >= 15 is 0 Å². The minimum atomic E-state index is 0.739. The largest absolute Gasteiger partial charge is 0.378 e. The van der Waals surface area contributed by atoms with Crippen LogP contribution >= 0.6 is 0 Å². The van der Waals surface area contributed by atoms with Crippen LogP contribution in [0.5, 0.6) is 0 Å². The average Bonchev–Trinajstić information content (AvgIpc) is 2.75. The van der Waals surface area contributed by atoms with Crippen molar-refractivity contribution in [2.24, 2.45) is 4.99 Å². The van der Waals surface area contributed by atoms with E-state index in [0.29, 0.717) is 0 Å². The standard InChI is InChI=1S/C22H30N4O/c1-3-18-8-4-5-9-19(18)16-24-22(23-2)25-17-20-10-6-7-11-21(20)26-12-14-27-15-13-26/h4-11H,3,12-17H2,1-2H3,(H2,23,24,25). The third kappa shape index (κ3) is 5.23. The smallest absolute Gasteiger partial charge is 0.191 e. The molecule has 0 amide bonds. The summed E-state index contributed by atoms with van der Waals surface area (Å²) in [7, 11) is 1.81. The lowest BCUT2D eigenvalue weighted by molar-refractivity contribution is 0.122. The van der Waals surface area contributed by atoms with E-state index in [0.717, 1.165) is 51.8 Å². The van der Waals surface area contributed by atoms with Gasteiger partial charge in [0, 0.05) is 38.9 Å². The Labute approximate surface area is 162 Å². The lowest BCUT2D eigenvalue weighted by Gasteiger charge is -2.30. The molecule has 0 atom stereocenters. The quantitative estimate of drug-likeness (QED) is 0.610. The first-order valence-electron chi connectivity index (χ1n) is 9.73. The number of morpholine rings is 1. The van der Waals surface area contributed by atoms with Crippen molar-refractivity contribution in [3.8, 4) is 0 Å². The molecule has 1 heterocycles. The van der Waals surface area contributed by atoms with Crippen molar-refractivity contribution in [2.75, 3.05) is 38.3 Å². The van der Waals surface area contributed by atoms with Gasteiger partial charge in [-0.2, -0.15) is 0 Å². The van der Waals surface area contributed by atoms with Crippen molar-refractivity contribution >= 4 is 11.6 Å². The third-order valence-electron chi connectivity index (χ3n) is 4.96. The molecule has 0 aliphatic carbocycles. The number of hydrogen-bond donors (Lipinski definition) is 2. The van der Waals surface area contributed by atoms with E-state index in [9.17, 15) is 0 Å². The molecule has 1 saturated heterocycles. The highest BCUT2D eigenvalue weighted by atomic mass is 16.5. The van der Waals surface area contributed by atoms with Crippen LogP contribution in [0.3, 0.4) is 0 Å². The molecule has 0 spiro atoms. The van der Waals surface area contributed by atoms with Gasteiger partial charge in [-0.05, 0) is 29.2 Å². The number of hydrogen-bond acceptors (Lipinski definition) is 3. The maximum atomic E-state index is 5.48. The molecule has 5 nitrogen and oxygen atoms in total. The summed E-state index contributed by atoms with van der Waals surface area (Å²) in [5.74, 6) is 0.817. The van der Waals surface area contributed by atoms with Crippen molar-refractivity contribution in [3.63, 3.8) is 0 Å². The predicted molar refractivity (Wildman–Crippen MR) is 112 cm³/mol. The summed E-state index contributed by atoms with van der Waals surface area (Å²) in [4.78, 5) is 6.77. The van der Waals surface area contributed by atoms with Gasteiger partial charge in [0.05, 0.1) is 13.2 Å². The van der Waals surface area contributed by atoms with Gasteiger partial charge in [-0.25, -0.2) is 0 Å². The average molecular weight is 367 g/mol. The molecule has 27 heavy (non-hydrogen) atoms. The second-order valence-corrected chi connectivity index (χ2v) is 6.63. The summed E-state index contributed by atoms with van der Waals surface area (Å²) in [5, 5.41) is 6.89. The number of aliphatic imine (C=N–C) groups is 1. The molecule has 2 N–H and O–H groups in total. The molecule has 5 heteroatoms. The van der Waals surface area contributed by atoms with Crippen molar-refractivity contribution in [2.45, 2.75) is 26.4 Å². The van der Waals surface area contributed by atoms with Gasteiger partial charge < -0.3 is 20.3 Å². The molecule has 0 radical (unpaired) electrons. The second kappa shape index (κ2) is 9.97. The normalized spacial score (nSPS) is 14.9. The van der Waals surface area contributed by atoms with Gasteiger partial charge >= 0.3 is 0 Å². The summed E-state index contributed by atoms with van der Waals surface area (Å²) in [6.07, 6.45) is 1.04. The van der Waals surface area contributed by atoms with Crippen molar-refractivity contribution in [1.82, 2.24) is 10.6 Å². The number of nitrogens with one attached hydrogen (secondary N) is 2. The Morgan fingerprint density at radius 2 is 1.52 bits per heavy atom. The highest BCUT2D eigenvalue weighted by Crippen LogP contribution is 2.21. The van der Waals surface area contributed by atoms with Crippen LogP contribution in [0.4, 0.5) is 5.69 Å². The first kappa shape index (κ1) is 19.2. The van der Waals surface area contributed by atoms with Crippen LogP contribution in [0.1, 0.15) is 23.6 Å². The Morgan fingerprint density at radius 3 is 2.19 bits per heavy atom. The van der Waals surface area contributed by atoms with Crippen molar-refractivity contribution in [3.05, 3.63) is 65.2 Å². The van der Waals surface area contributed by atoms with Crippen molar-refractivity contribution in [1.29, 1.82) is 0 Å². The van der Waals surface area contributed by atoms with E-state index in [1.807, 2.05) is 7.05 Å². The van der Waals surface area contributed by atoms with Gasteiger partial charge in [-0.3, -0.25) is 4.99 Å². The monoisotopic (exact) mass is 366 g/mol. The molecule has 0 bridgehead atoms. The van der Waals surface area contributed by atoms with Gasteiger partial charge in [0.15, 0.2) is 5.96 Å². The molecule has 2 aromatic carbocycles. The number of para-hydroxylation sites is 1. The molecule has 1 aliphatic heterocycles. The fraction of sp³-hybridized carbons (Fsp3) is 0.409. The molecular formula is C22H30N4O. The van der Waals surface area contributed by atoms with Crippen LogP contribution in [0.15, 0.2) is 53.5 Å². The van der Waals surface area contributed by atoms with Crippen LogP contribution in [0.25, 0.3) is 0 Å². The Bertz CT molecular complexity index is 753. The summed E-state index contributed by atoms with van der Waals surface area (Å²) >= 11 is 0. The van der Waals surface area contributed by atoms with Crippen LogP contribution in [-0.2, 0) is 24.2 Å². The molecule has 1 aliphatic rings. The second-order valence-electron chi connectivity index (χ2n) is 6.63. The maximum Gasteiger partial charge on any atom is 0.191 e. The first-order valence-corrected chi connectivity index (χ1v) is 9.73. The zero-order valence-corrected chi connectivity index (χ0v) is 16.4. The molecule has 1 fully saturated rings. The van der Waals surface area contributed by atoms with E-state index in [4.69, 9.17) is 4.74 Å². The Balaban J connectivity index is 1.60. The molecular weight excluding hydrogens is 336 g/mol. The van der Waals surface area contributed by atoms with Gasteiger partial charge in [-0.1, -0.05) is 49.4 Å². The molecule has 2 aromatic rings. The van der Waals surface area contributed by atoms with E-state index in [-0.39, 0.29) is 0 Å².